The van der Waals surface area contributed by atoms with Gasteiger partial charge in [-0.25, -0.2) is 5.01 Å². The Bertz CT molecular complexity index is 1080. The van der Waals surface area contributed by atoms with Crippen LogP contribution in [0.25, 0.3) is 5.70 Å². The highest BCUT2D eigenvalue weighted by Gasteiger charge is 2.34. The molecule has 0 aromatic heterocycles. The van der Waals surface area contributed by atoms with Crippen molar-refractivity contribution < 1.29 is 4.79 Å². The van der Waals surface area contributed by atoms with Crippen molar-refractivity contribution in [3.8, 4) is 0 Å². The third-order valence-electron chi connectivity index (χ3n) is 4.96. The van der Waals surface area contributed by atoms with Gasteiger partial charge in [-0.1, -0.05) is 67.1 Å². The number of thioether (sulfide) groups is 1. The van der Waals surface area contributed by atoms with E-state index in [4.69, 9.17) is 10.1 Å². The van der Waals surface area contributed by atoms with E-state index in [1.54, 1.807) is 16.8 Å². The lowest BCUT2D eigenvalue weighted by Gasteiger charge is -2.34. The van der Waals surface area contributed by atoms with E-state index in [9.17, 15) is 4.79 Å². The molecule has 2 heterocycles. The number of fused-ring (bicyclic) bond motifs is 2. The van der Waals surface area contributed by atoms with Crippen molar-refractivity contribution in [2.24, 2.45) is 10.1 Å². The van der Waals surface area contributed by atoms with Gasteiger partial charge in [0.2, 0.25) is 0 Å². The first-order valence-electron chi connectivity index (χ1n) is 9.65. The van der Waals surface area contributed by atoms with E-state index in [-0.39, 0.29) is 12.1 Å². The Morgan fingerprint density at radius 2 is 2.00 bits per heavy atom. The zero-order valence-corrected chi connectivity index (χ0v) is 17.2. The number of hydrogen-bond acceptors (Lipinski definition) is 5. The molecule has 0 spiro atoms. The lowest BCUT2D eigenvalue weighted by molar-refractivity contribution is -0.116. The highest BCUT2D eigenvalue weighted by molar-refractivity contribution is 8.13. The van der Waals surface area contributed by atoms with Crippen LogP contribution in [0.15, 0.2) is 52.6 Å². The number of nitrogens with one attached hydrogen (secondary N) is 1. The first-order valence-corrected chi connectivity index (χ1v) is 10.6. The summed E-state index contributed by atoms with van der Waals surface area (Å²) >= 11 is 1.59. The average molecular weight is 393 g/mol. The van der Waals surface area contributed by atoms with Gasteiger partial charge in [0.1, 0.15) is 5.70 Å². The normalized spacial score (nSPS) is 18.0. The zero-order chi connectivity index (χ0) is 19.7. The fraction of sp³-hybridized carbons (Fsp3) is 0.318. The first-order chi connectivity index (χ1) is 13.6. The Hall–Kier alpha value is -2.60. The number of hydrazone groups is 1. The smallest absolute Gasteiger partial charge is 0.276 e. The molecule has 5 nitrogen and oxygen atoms in total. The van der Waals surface area contributed by atoms with Crippen molar-refractivity contribution in [2.45, 2.75) is 39.8 Å². The van der Waals surface area contributed by atoms with Crippen molar-refractivity contribution in [3.05, 3.63) is 69.7 Å². The summed E-state index contributed by atoms with van der Waals surface area (Å²) in [6, 6.07) is 14.1. The monoisotopic (exact) mass is 392 g/mol. The molecule has 1 N–H and O–H groups in total. The quantitative estimate of drug-likeness (QED) is 0.814. The number of unbranched alkanes of at least 4 members (excludes halogenated alkanes) is 1. The first kappa shape index (κ1) is 18.7. The molecule has 1 amide bonds. The number of rotatable bonds is 4. The molecule has 4 rings (SSSR count). The second-order valence-corrected chi connectivity index (χ2v) is 8.22. The summed E-state index contributed by atoms with van der Waals surface area (Å²) in [5.74, 6) is 0.812. The molecule has 0 saturated heterocycles. The molecule has 6 heteroatoms. The largest absolute Gasteiger partial charge is 0.298 e. The van der Waals surface area contributed by atoms with Crippen molar-refractivity contribution in [1.29, 1.82) is 0 Å². The van der Waals surface area contributed by atoms with Gasteiger partial charge in [0, 0.05) is 16.5 Å². The number of nitrogens with zero attached hydrogens (tertiary/aromatic N) is 3. The van der Waals surface area contributed by atoms with E-state index in [0.29, 0.717) is 10.9 Å². The maximum atomic E-state index is 13.0. The van der Waals surface area contributed by atoms with Gasteiger partial charge in [-0.05, 0) is 31.9 Å². The van der Waals surface area contributed by atoms with Crippen molar-refractivity contribution in [3.63, 3.8) is 0 Å². The topological polar surface area (TPSA) is 57.1 Å². The number of amides is 1. The van der Waals surface area contributed by atoms with Gasteiger partial charge in [-0.15, -0.1) is 5.10 Å². The van der Waals surface area contributed by atoms with Crippen molar-refractivity contribution in [2.75, 3.05) is 5.75 Å². The van der Waals surface area contributed by atoms with Crippen LogP contribution in [-0.4, -0.2) is 21.8 Å². The van der Waals surface area contributed by atoms with Gasteiger partial charge in [0.15, 0.2) is 11.3 Å². The number of aryl methyl sites for hydroxylation is 2. The minimum Gasteiger partial charge on any atom is -0.298 e. The molecule has 0 saturated carbocycles. The van der Waals surface area contributed by atoms with Crippen LogP contribution in [0.1, 0.15) is 42.6 Å². The molecule has 28 heavy (non-hydrogen) atoms. The van der Waals surface area contributed by atoms with Crippen LogP contribution in [0.4, 0.5) is 0 Å². The highest BCUT2D eigenvalue weighted by Crippen LogP contribution is 2.32. The number of amidine groups is 1. The van der Waals surface area contributed by atoms with Crippen LogP contribution in [0.2, 0.25) is 0 Å². The molecular formula is C22H24N4OS. The van der Waals surface area contributed by atoms with E-state index in [0.717, 1.165) is 40.3 Å². The number of carbonyl (C=O) groups excluding carboxylic acids is 1. The predicted molar refractivity (Wildman–Crippen MR) is 114 cm³/mol. The van der Waals surface area contributed by atoms with Gasteiger partial charge in [-0.2, -0.15) is 0 Å². The lowest BCUT2D eigenvalue weighted by Crippen LogP contribution is -2.50. The van der Waals surface area contributed by atoms with Crippen LogP contribution < -0.4 is 15.9 Å². The van der Waals surface area contributed by atoms with Crippen LogP contribution in [0, 0.1) is 13.8 Å². The minimum atomic E-state index is -0.349. The Morgan fingerprint density at radius 1 is 1.18 bits per heavy atom. The molecule has 2 aliphatic heterocycles. The van der Waals surface area contributed by atoms with Crippen LogP contribution in [0.3, 0.4) is 0 Å². The number of benzene rings is 2. The third-order valence-corrected chi connectivity index (χ3v) is 5.91. The van der Waals surface area contributed by atoms with Crippen molar-refractivity contribution in [1.82, 2.24) is 10.3 Å². The Kier molecular flexibility index (Phi) is 5.22. The molecule has 0 radical (unpaired) electrons. The van der Waals surface area contributed by atoms with Gasteiger partial charge in [0.25, 0.3) is 5.91 Å². The molecule has 144 valence electrons. The number of carbonyl (C=O) groups is 1. The third kappa shape index (κ3) is 3.44. The van der Waals surface area contributed by atoms with E-state index in [1.165, 1.54) is 5.56 Å². The molecule has 2 aromatic rings. The molecule has 0 fully saturated rings. The van der Waals surface area contributed by atoms with Gasteiger partial charge in [-0.3, -0.25) is 15.1 Å². The summed E-state index contributed by atoms with van der Waals surface area (Å²) in [5, 5.41) is 11.9. The average Bonchev–Trinajstić information content (AvgIpc) is 2.69. The number of hydrogen-bond donors (Lipinski definition) is 1. The molecule has 0 aliphatic carbocycles. The second kappa shape index (κ2) is 7.80. The molecule has 2 aromatic carbocycles. The summed E-state index contributed by atoms with van der Waals surface area (Å²) in [6.45, 7) is 6.31. The maximum Gasteiger partial charge on any atom is 0.276 e. The van der Waals surface area contributed by atoms with Crippen molar-refractivity contribution >= 4 is 28.5 Å². The van der Waals surface area contributed by atoms with E-state index in [2.05, 4.69) is 44.3 Å². The fourth-order valence-electron chi connectivity index (χ4n) is 3.45. The molecule has 1 unspecified atom stereocenters. The summed E-state index contributed by atoms with van der Waals surface area (Å²) in [4.78, 5) is 18.0. The number of para-hydroxylation sites is 1. The maximum absolute atomic E-state index is 13.0. The fourth-order valence-corrected chi connectivity index (χ4v) is 4.38. The lowest BCUT2D eigenvalue weighted by atomic mass is 10.0. The standard InChI is InChI=1S/C22H24N4OS/c1-4-5-12-28-22-24-21(27)19-16-8-6-7-9-18(16)23-20(26(19)25-22)17-13-14(2)10-11-15(17)3/h6-11,13,20H,4-5,12H2,1-3H3,(H,24,25,27). The summed E-state index contributed by atoms with van der Waals surface area (Å²) < 4.78 is 0. The molecular weight excluding hydrogens is 368 g/mol. The SMILES string of the molecule is CCCCSC1=NN2C(=c3ccccc3=NC2c2cc(C)ccc2C)C(=O)N1. The van der Waals surface area contributed by atoms with Crippen LogP contribution >= 0.6 is 11.8 Å². The summed E-state index contributed by atoms with van der Waals surface area (Å²) in [7, 11) is 0. The molecule has 0 bridgehead atoms. The molecule has 1 atom stereocenters. The van der Waals surface area contributed by atoms with E-state index in [1.807, 2.05) is 24.3 Å². The van der Waals surface area contributed by atoms with E-state index < -0.39 is 0 Å². The van der Waals surface area contributed by atoms with Crippen LogP contribution in [-0.2, 0) is 4.79 Å². The summed E-state index contributed by atoms with van der Waals surface area (Å²) in [5.41, 5.74) is 3.94. The molecule has 2 aliphatic rings. The Morgan fingerprint density at radius 3 is 2.82 bits per heavy atom. The highest BCUT2D eigenvalue weighted by atomic mass is 32.2. The summed E-state index contributed by atoms with van der Waals surface area (Å²) in [6.07, 6.45) is 1.85. The van der Waals surface area contributed by atoms with Gasteiger partial charge >= 0.3 is 0 Å². The van der Waals surface area contributed by atoms with Crippen LogP contribution in [0.5, 0.6) is 0 Å². The zero-order valence-electron chi connectivity index (χ0n) is 16.4. The predicted octanol–water partition coefficient (Wildman–Crippen LogP) is 2.98. The van der Waals surface area contributed by atoms with Gasteiger partial charge in [0.05, 0.1) is 5.36 Å². The van der Waals surface area contributed by atoms with Gasteiger partial charge < -0.3 is 0 Å². The second-order valence-electron chi connectivity index (χ2n) is 7.13. The minimum absolute atomic E-state index is 0.119. The van der Waals surface area contributed by atoms with E-state index >= 15 is 0 Å². The Balaban J connectivity index is 1.87. The Labute approximate surface area is 169 Å².